The number of hydrogen-bond acceptors (Lipinski definition) is 4. The number of nitrogens with zero attached hydrogens (tertiary/aromatic N) is 4. The maximum absolute atomic E-state index is 11.7. The highest BCUT2D eigenvalue weighted by atomic mass is 35.5. The molecule has 1 aromatic carbocycles. The van der Waals surface area contributed by atoms with E-state index in [0.717, 1.165) is 11.3 Å². The first kappa shape index (κ1) is 19.6. The topological polar surface area (TPSA) is 76.5 Å². The third-order valence-corrected chi connectivity index (χ3v) is 5.37. The molecule has 29 heavy (non-hydrogen) atoms. The van der Waals surface area contributed by atoms with Gasteiger partial charge in [0.1, 0.15) is 16.9 Å². The number of imidazole rings is 1. The van der Waals surface area contributed by atoms with Crippen LogP contribution in [0.2, 0.25) is 10.0 Å². The number of hydrogen-bond donors (Lipinski definition) is 1. The molecule has 0 amide bonds. The maximum Gasteiger partial charge on any atom is 0.170 e. The molecule has 0 spiro atoms. The van der Waals surface area contributed by atoms with Crippen molar-refractivity contribution in [2.45, 2.75) is 26.2 Å². The van der Waals surface area contributed by atoms with Crippen LogP contribution in [-0.2, 0) is 12.5 Å². The van der Waals surface area contributed by atoms with Crippen LogP contribution in [0.5, 0.6) is 0 Å². The molecule has 148 valence electrons. The quantitative estimate of drug-likeness (QED) is 0.441. The number of rotatable bonds is 3. The SMILES string of the molecule is Cn1nc(C(C)(C)C)c(Cl)c1-c1nc2c(C=O)nc(-c3ccccc3Cl)cc2[nH]1. The Morgan fingerprint density at radius 3 is 2.48 bits per heavy atom. The lowest BCUT2D eigenvalue weighted by atomic mass is 9.92. The zero-order chi connectivity index (χ0) is 20.9. The fraction of sp³-hybridized carbons (Fsp3) is 0.238. The van der Waals surface area contributed by atoms with Gasteiger partial charge >= 0.3 is 0 Å². The van der Waals surface area contributed by atoms with Crippen LogP contribution < -0.4 is 0 Å². The molecule has 0 radical (unpaired) electrons. The van der Waals surface area contributed by atoms with Crippen LogP contribution in [0.1, 0.15) is 37.0 Å². The van der Waals surface area contributed by atoms with Gasteiger partial charge in [0, 0.05) is 23.0 Å². The maximum atomic E-state index is 11.7. The number of pyridine rings is 1. The van der Waals surface area contributed by atoms with E-state index in [-0.39, 0.29) is 11.1 Å². The summed E-state index contributed by atoms with van der Waals surface area (Å²) in [6, 6.07) is 9.18. The molecular formula is C21H19Cl2N5O. The Labute approximate surface area is 177 Å². The predicted molar refractivity (Wildman–Crippen MR) is 116 cm³/mol. The number of carbonyl (C=O) groups is 1. The molecule has 0 bridgehead atoms. The lowest BCUT2D eigenvalue weighted by molar-refractivity contribution is 0.112. The smallest absolute Gasteiger partial charge is 0.170 e. The van der Waals surface area contributed by atoms with E-state index in [1.165, 1.54) is 0 Å². The number of aryl methyl sites for hydroxylation is 1. The first-order valence-electron chi connectivity index (χ1n) is 9.05. The van der Waals surface area contributed by atoms with Crippen molar-refractivity contribution in [3.63, 3.8) is 0 Å². The second-order valence-corrected chi connectivity index (χ2v) is 8.64. The van der Waals surface area contributed by atoms with E-state index in [2.05, 4.69) is 20.1 Å². The van der Waals surface area contributed by atoms with Crippen molar-refractivity contribution in [2.75, 3.05) is 0 Å². The van der Waals surface area contributed by atoms with Gasteiger partial charge in [-0.2, -0.15) is 5.10 Å². The van der Waals surface area contributed by atoms with E-state index < -0.39 is 0 Å². The van der Waals surface area contributed by atoms with E-state index in [0.29, 0.717) is 44.6 Å². The molecule has 6 nitrogen and oxygen atoms in total. The fourth-order valence-corrected chi connectivity index (χ4v) is 4.04. The fourth-order valence-electron chi connectivity index (χ4n) is 3.27. The third-order valence-electron chi connectivity index (χ3n) is 4.68. The molecule has 0 aliphatic heterocycles. The highest BCUT2D eigenvalue weighted by Crippen LogP contribution is 2.36. The van der Waals surface area contributed by atoms with Gasteiger partial charge in [-0.25, -0.2) is 9.97 Å². The van der Waals surface area contributed by atoms with E-state index >= 15 is 0 Å². The number of carbonyl (C=O) groups excluding carboxylic acids is 1. The number of halogens is 2. The number of H-pyrrole nitrogens is 1. The second kappa shape index (κ2) is 6.97. The Kier molecular flexibility index (Phi) is 4.71. The van der Waals surface area contributed by atoms with Gasteiger partial charge in [0.05, 0.1) is 21.9 Å². The van der Waals surface area contributed by atoms with Crippen LogP contribution in [0, 0.1) is 0 Å². The van der Waals surface area contributed by atoms with Gasteiger partial charge in [0.15, 0.2) is 12.1 Å². The summed E-state index contributed by atoms with van der Waals surface area (Å²) in [5.41, 5.74) is 3.92. The molecule has 0 saturated carbocycles. The number of fused-ring (bicyclic) bond motifs is 1. The van der Waals surface area contributed by atoms with Crippen LogP contribution in [0.25, 0.3) is 33.8 Å². The van der Waals surface area contributed by atoms with Crippen molar-refractivity contribution in [1.29, 1.82) is 0 Å². The molecule has 8 heteroatoms. The minimum atomic E-state index is -0.216. The Balaban J connectivity index is 1.93. The summed E-state index contributed by atoms with van der Waals surface area (Å²) in [7, 11) is 1.82. The highest BCUT2D eigenvalue weighted by Gasteiger charge is 2.27. The molecule has 4 rings (SSSR count). The zero-order valence-electron chi connectivity index (χ0n) is 16.4. The molecule has 0 saturated heterocycles. The minimum absolute atomic E-state index is 0.216. The van der Waals surface area contributed by atoms with E-state index in [9.17, 15) is 4.79 Å². The summed E-state index contributed by atoms with van der Waals surface area (Å²) in [5, 5.41) is 5.66. The lowest BCUT2D eigenvalue weighted by Crippen LogP contribution is -2.12. The van der Waals surface area contributed by atoms with Crippen molar-refractivity contribution in [2.24, 2.45) is 7.05 Å². The average Bonchev–Trinajstić information content (AvgIpc) is 3.21. The lowest BCUT2D eigenvalue weighted by Gasteiger charge is -2.15. The molecule has 4 aromatic rings. The van der Waals surface area contributed by atoms with E-state index in [4.69, 9.17) is 23.2 Å². The first-order valence-corrected chi connectivity index (χ1v) is 9.80. The summed E-state index contributed by atoms with van der Waals surface area (Å²) in [6.07, 6.45) is 0.693. The van der Waals surface area contributed by atoms with Crippen molar-refractivity contribution in [1.82, 2.24) is 24.7 Å². The molecule has 3 aromatic heterocycles. The Morgan fingerprint density at radius 1 is 1.14 bits per heavy atom. The number of benzene rings is 1. The molecule has 0 atom stereocenters. The van der Waals surface area contributed by atoms with Crippen LogP contribution in [-0.4, -0.2) is 31.0 Å². The predicted octanol–water partition coefficient (Wildman–Crippen LogP) is 5.44. The number of aromatic amines is 1. The van der Waals surface area contributed by atoms with Crippen molar-refractivity contribution >= 4 is 40.5 Å². The van der Waals surface area contributed by atoms with Crippen LogP contribution >= 0.6 is 23.2 Å². The minimum Gasteiger partial charge on any atom is -0.336 e. The van der Waals surface area contributed by atoms with Gasteiger partial charge in [-0.1, -0.05) is 62.2 Å². The van der Waals surface area contributed by atoms with Gasteiger partial charge in [0.25, 0.3) is 0 Å². The normalized spacial score (nSPS) is 11.9. The molecule has 0 fully saturated rings. The van der Waals surface area contributed by atoms with Gasteiger partial charge in [-0.05, 0) is 12.1 Å². The molecule has 1 N–H and O–H groups in total. The molecule has 0 aliphatic rings. The third kappa shape index (κ3) is 3.32. The highest BCUT2D eigenvalue weighted by molar-refractivity contribution is 6.34. The Bertz CT molecular complexity index is 1250. The van der Waals surface area contributed by atoms with Gasteiger partial charge in [-0.3, -0.25) is 9.48 Å². The van der Waals surface area contributed by atoms with E-state index in [1.54, 1.807) is 10.7 Å². The molecule has 0 unspecified atom stereocenters. The second-order valence-electron chi connectivity index (χ2n) is 7.86. The van der Waals surface area contributed by atoms with Crippen molar-refractivity contribution < 1.29 is 4.79 Å². The summed E-state index contributed by atoms with van der Waals surface area (Å²) in [4.78, 5) is 24.0. The molecular weight excluding hydrogens is 409 g/mol. The van der Waals surface area contributed by atoms with Crippen LogP contribution in [0.15, 0.2) is 30.3 Å². The van der Waals surface area contributed by atoms with E-state index in [1.807, 2.05) is 52.1 Å². The number of aromatic nitrogens is 5. The Morgan fingerprint density at radius 2 is 1.86 bits per heavy atom. The Hall–Kier alpha value is -2.70. The summed E-state index contributed by atoms with van der Waals surface area (Å²) in [6.45, 7) is 6.15. The monoisotopic (exact) mass is 427 g/mol. The average molecular weight is 428 g/mol. The van der Waals surface area contributed by atoms with Crippen molar-refractivity contribution in [3.05, 3.63) is 51.8 Å². The molecule has 0 aliphatic carbocycles. The summed E-state index contributed by atoms with van der Waals surface area (Å²) < 4.78 is 1.70. The van der Waals surface area contributed by atoms with Crippen molar-refractivity contribution in [3.8, 4) is 22.8 Å². The summed E-state index contributed by atoms with van der Waals surface area (Å²) in [5.74, 6) is 0.525. The number of aldehydes is 1. The largest absolute Gasteiger partial charge is 0.336 e. The van der Waals surface area contributed by atoms with Gasteiger partial charge in [0.2, 0.25) is 0 Å². The van der Waals surface area contributed by atoms with Gasteiger partial charge < -0.3 is 4.98 Å². The number of nitrogens with one attached hydrogen (secondary N) is 1. The van der Waals surface area contributed by atoms with Gasteiger partial charge in [-0.15, -0.1) is 0 Å². The summed E-state index contributed by atoms with van der Waals surface area (Å²) >= 11 is 13.0. The molecule has 3 heterocycles. The standard InChI is InChI=1S/C21H19Cl2N5O/c1-21(2,3)19-16(23)18(28(4)27-19)20-25-14-9-13(11-7-5-6-8-12(11)22)24-15(10-29)17(14)26-20/h5-10H,1-4H3,(H,25,26). The van der Waals surface area contributed by atoms with Crippen LogP contribution in [0.3, 0.4) is 0 Å². The first-order chi connectivity index (χ1) is 13.7. The zero-order valence-corrected chi connectivity index (χ0v) is 17.9. The van der Waals surface area contributed by atoms with Crippen LogP contribution in [0.4, 0.5) is 0 Å².